The molecule has 1 atom stereocenters. The van der Waals surface area contributed by atoms with Gasteiger partial charge in [0, 0.05) is 13.7 Å². The first-order chi connectivity index (χ1) is 7.45. The van der Waals surface area contributed by atoms with Gasteiger partial charge in [-0.1, -0.05) is 0 Å². The van der Waals surface area contributed by atoms with E-state index < -0.39 is 0 Å². The molecule has 0 saturated heterocycles. The molecular formula is C10H21ClN4O. The zero-order valence-electron chi connectivity index (χ0n) is 10.3. The van der Waals surface area contributed by atoms with E-state index in [0.29, 0.717) is 11.1 Å². The number of hydrogen-bond donors (Lipinski definition) is 2. The summed E-state index contributed by atoms with van der Waals surface area (Å²) in [5.41, 5.74) is 5.40. The second-order valence-electron chi connectivity index (χ2n) is 3.70. The van der Waals surface area contributed by atoms with Crippen molar-refractivity contribution in [3.05, 3.63) is 11.9 Å². The fraction of sp³-hybridized carbons (Fsp3) is 0.700. The molecule has 0 aromatic carbocycles. The Morgan fingerprint density at radius 1 is 1.62 bits per heavy atom. The maximum atomic E-state index is 5.52. The molecule has 1 unspecified atom stereocenters. The first-order valence-corrected chi connectivity index (χ1v) is 5.44. The molecule has 1 heterocycles. The summed E-state index contributed by atoms with van der Waals surface area (Å²) in [6.45, 7) is 3.75. The van der Waals surface area contributed by atoms with Gasteiger partial charge in [0.2, 0.25) is 0 Å². The average molecular weight is 249 g/mol. The molecule has 94 valence electrons. The second kappa shape index (κ2) is 8.38. The topological polar surface area (TPSA) is 62.9 Å². The van der Waals surface area contributed by atoms with Crippen molar-refractivity contribution in [1.29, 1.82) is 0 Å². The van der Waals surface area contributed by atoms with Crippen molar-refractivity contribution in [3.8, 4) is 0 Å². The number of aliphatic imine (C=N–C) groups is 1. The summed E-state index contributed by atoms with van der Waals surface area (Å²) in [7, 11) is 5.77. The molecule has 16 heavy (non-hydrogen) atoms. The molecule has 0 spiro atoms. The number of halogens is 1. The molecular weight excluding hydrogens is 228 g/mol. The van der Waals surface area contributed by atoms with Crippen molar-refractivity contribution >= 4 is 16.9 Å². The number of nitrogens with zero attached hydrogens (tertiary/aromatic N) is 2. The van der Waals surface area contributed by atoms with Crippen molar-refractivity contribution < 1.29 is 4.74 Å². The molecule has 1 aliphatic heterocycles. The van der Waals surface area contributed by atoms with Crippen molar-refractivity contribution in [2.45, 2.75) is 13.0 Å². The molecule has 5 nitrogen and oxygen atoms in total. The van der Waals surface area contributed by atoms with E-state index in [1.807, 2.05) is 21.0 Å². The van der Waals surface area contributed by atoms with Crippen molar-refractivity contribution in [2.24, 2.45) is 10.7 Å². The molecule has 0 bridgehead atoms. The largest absolute Gasteiger partial charge is 0.385 e. The van der Waals surface area contributed by atoms with Crippen molar-refractivity contribution in [3.63, 3.8) is 0 Å². The first-order valence-electron chi connectivity index (χ1n) is 5.07. The van der Waals surface area contributed by atoms with Crippen LogP contribution in [0.2, 0.25) is 0 Å². The van der Waals surface area contributed by atoms with Crippen LogP contribution in [0, 0.1) is 0 Å². The highest BCUT2D eigenvalue weighted by Crippen LogP contribution is 2.01. The summed E-state index contributed by atoms with van der Waals surface area (Å²) in [6.07, 6.45) is 1.80. The van der Waals surface area contributed by atoms with E-state index in [1.165, 1.54) is 0 Å². The van der Waals surface area contributed by atoms with Gasteiger partial charge in [0.15, 0.2) is 5.29 Å². The van der Waals surface area contributed by atoms with Crippen LogP contribution in [-0.4, -0.2) is 50.6 Å². The monoisotopic (exact) mass is 248 g/mol. The number of nitrogens with one attached hydrogen (secondary N) is 1. The Hall–Kier alpha value is -0.780. The lowest BCUT2D eigenvalue weighted by Gasteiger charge is -2.12. The molecule has 0 aromatic heterocycles. The average Bonchev–Trinajstić information content (AvgIpc) is 2.13. The molecule has 0 aliphatic carbocycles. The summed E-state index contributed by atoms with van der Waals surface area (Å²) < 4.78 is 4.81. The number of methoxy groups -OCH3 is 1. The van der Waals surface area contributed by atoms with E-state index in [0.717, 1.165) is 13.2 Å². The summed E-state index contributed by atoms with van der Waals surface area (Å²) in [5, 5.41) is 3.03. The van der Waals surface area contributed by atoms with Crippen LogP contribution in [0.25, 0.3) is 0 Å². The lowest BCUT2D eigenvalue weighted by molar-refractivity contribution is 0.172. The van der Waals surface area contributed by atoms with Gasteiger partial charge in [-0.3, -0.25) is 4.99 Å². The molecule has 6 heteroatoms. The molecule has 1 aliphatic rings. The minimum atomic E-state index is 0.0961. The summed E-state index contributed by atoms with van der Waals surface area (Å²) in [4.78, 5) is 6.03. The lowest BCUT2D eigenvalue weighted by Crippen LogP contribution is -2.29. The molecule has 3 N–H and O–H groups in total. The minimum Gasteiger partial charge on any atom is -0.385 e. The predicted molar refractivity (Wildman–Crippen MR) is 68.6 cm³/mol. The normalized spacial score (nSPS) is 19.2. The van der Waals surface area contributed by atoms with E-state index in [1.54, 1.807) is 13.2 Å². The zero-order valence-corrected chi connectivity index (χ0v) is 11.1. The van der Waals surface area contributed by atoms with Gasteiger partial charge >= 0.3 is 0 Å². The van der Waals surface area contributed by atoms with E-state index >= 15 is 0 Å². The van der Waals surface area contributed by atoms with E-state index in [-0.39, 0.29) is 6.04 Å². The molecule has 0 amide bonds. The van der Waals surface area contributed by atoms with Gasteiger partial charge in [0.05, 0.1) is 12.6 Å². The first kappa shape index (κ1) is 15.2. The standard InChI is InChI=1S/C5H8ClN3.C5H13NO/c1-3-2-4(7)9-5(6)8-3;1-6(2)4-5-7-3/h2-3H,7H2,1H3,(H,8,9);4-5H2,1-3H3. The Morgan fingerprint density at radius 3 is 2.56 bits per heavy atom. The van der Waals surface area contributed by atoms with Crippen LogP contribution in [0.4, 0.5) is 0 Å². The maximum absolute atomic E-state index is 5.52. The maximum Gasteiger partial charge on any atom is 0.197 e. The van der Waals surface area contributed by atoms with Gasteiger partial charge in [-0.2, -0.15) is 0 Å². The quantitative estimate of drug-likeness (QED) is 0.717. The van der Waals surface area contributed by atoms with E-state index in [9.17, 15) is 0 Å². The molecule has 0 radical (unpaired) electrons. The Balaban J connectivity index is 0.000000293. The lowest BCUT2D eigenvalue weighted by atomic mass is 10.3. The van der Waals surface area contributed by atoms with Gasteiger partial charge in [0.1, 0.15) is 5.82 Å². The Bertz CT molecular complexity index is 235. The highest BCUT2D eigenvalue weighted by molar-refractivity contribution is 6.65. The fourth-order valence-electron chi connectivity index (χ4n) is 0.943. The number of ether oxygens (including phenoxy) is 1. The number of likely N-dealkylation sites (N-methyl/N-ethyl adjacent to an activating group) is 1. The van der Waals surface area contributed by atoms with Crippen LogP contribution in [-0.2, 0) is 4.74 Å². The number of amidine groups is 1. The number of rotatable bonds is 3. The zero-order chi connectivity index (χ0) is 12.6. The molecule has 1 rings (SSSR count). The smallest absolute Gasteiger partial charge is 0.197 e. The van der Waals surface area contributed by atoms with Crippen molar-refractivity contribution in [1.82, 2.24) is 10.2 Å². The Kier molecular flexibility index (Phi) is 7.97. The SMILES string of the molecule is CC1C=C(N)NC(Cl)=N1.COCCN(C)C. The van der Waals surface area contributed by atoms with Crippen molar-refractivity contribution in [2.75, 3.05) is 34.4 Å². The molecule has 0 saturated carbocycles. The third kappa shape index (κ3) is 8.52. The number of hydrogen-bond acceptors (Lipinski definition) is 5. The van der Waals surface area contributed by atoms with Crippen LogP contribution in [0.3, 0.4) is 0 Å². The van der Waals surface area contributed by atoms with Gasteiger partial charge in [0.25, 0.3) is 0 Å². The highest BCUT2D eigenvalue weighted by Gasteiger charge is 2.05. The van der Waals surface area contributed by atoms with Gasteiger partial charge in [-0.25, -0.2) is 0 Å². The van der Waals surface area contributed by atoms with Crippen LogP contribution in [0.5, 0.6) is 0 Å². The van der Waals surface area contributed by atoms with Gasteiger partial charge < -0.3 is 20.7 Å². The third-order valence-corrected chi connectivity index (χ3v) is 1.92. The van der Waals surface area contributed by atoms with Crippen LogP contribution in [0.15, 0.2) is 16.9 Å². The van der Waals surface area contributed by atoms with Gasteiger partial charge in [-0.15, -0.1) is 0 Å². The van der Waals surface area contributed by atoms with Crippen LogP contribution < -0.4 is 11.1 Å². The van der Waals surface area contributed by atoms with Crippen LogP contribution in [0.1, 0.15) is 6.92 Å². The highest BCUT2D eigenvalue weighted by atomic mass is 35.5. The fourth-order valence-corrected chi connectivity index (χ4v) is 1.21. The summed E-state index contributed by atoms with van der Waals surface area (Å²) in [5.74, 6) is 0.572. The Labute approximate surface area is 102 Å². The minimum absolute atomic E-state index is 0.0961. The van der Waals surface area contributed by atoms with Gasteiger partial charge in [-0.05, 0) is 38.7 Å². The van der Waals surface area contributed by atoms with Crippen LogP contribution >= 0.6 is 11.6 Å². The third-order valence-electron chi connectivity index (χ3n) is 1.73. The number of nitrogens with two attached hydrogens (primary N) is 1. The second-order valence-corrected chi connectivity index (χ2v) is 4.06. The summed E-state index contributed by atoms with van der Waals surface area (Å²) in [6, 6.07) is 0.0961. The summed E-state index contributed by atoms with van der Waals surface area (Å²) >= 11 is 5.52. The van der Waals surface area contributed by atoms with E-state index in [2.05, 4.69) is 15.2 Å². The Morgan fingerprint density at radius 2 is 2.25 bits per heavy atom. The predicted octanol–water partition coefficient (Wildman–Crippen LogP) is 0.567. The van der Waals surface area contributed by atoms with E-state index in [4.69, 9.17) is 22.1 Å². The molecule has 0 aromatic rings. The molecule has 0 fully saturated rings.